The number of ether oxygens (including phenoxy) is 1. The molecule has 0 bridgehead atoms. The fraction of sp³-hybridized carbons (Fsp3) is 0.368. The first kappa shape index (κ1) is 17.8. The van der Waals surface area contributed by atoms with Crippen molar-refractivity contribution in [1.29, 1.82) is 0 Å². The highest BCUT2D eigenvalue weighted by Gasteiger charge is 2.15. The molecule has 1 amide bonds. The monoisotopic (exact) mass is 328 g/mol. The van der Waals surface area contributed by atoms with Gasteiger partial charge in [-0.25, -0.2) is 4.79 Å². The van der Waals surface area contributed by atoms with Crippen LogP contribution < -0.4 is 10.7 Å². The van der Waals surface area contributed by atoms with E-state index in [1.165, 1.54) is 0 Å². The topological polar surface area (TPSA) is 71.2 Å². The van der Waals surface area contributed by atoms with Crippen molar-refractivity contribution in [1.82, 2.24) is 10.3 Å². The molecule has 0 atom stereocenters. The van der Waals surface area contributed by atoms with E-state index in [2.05, 4.69) is 10.3 Å². The average molecular weight is 328 g/mol. The van der Waals surface area contributed by atoms with E-state index in [0.29, 0.717) is 18.4 Å². The summed E-state index contributed by atoms with van der Waals surface area (Å²) in [4.78, 5) is 26.7. The minimum Gasteiger partial charge on any atom is -0.444 e. The Morgan fingerprint density at radius 1 is 1.29 bits per heavy atom. The number of pyridine rings is 1. The van der Waals surface area contributed by atoms with Crippen molar-refractivity contribution < 1.29 is 9.53 Å². The minimum absolute atomic E-state index is 0.0168. The van der Waals surface area contributed by atoms with E-state index in [9.17, 15) is 9.59 Å². The Labute approximate surface area is 141 Å². The van der Waals surface area contributed by atoms with Gasteiger partial charge in [0.15, 0.2) is 5.43 Å². The fourth-order valence-corrected chi connectivity index (χ4v) is 2.29. The highest BCUT2D eigenvalue weighted by Crippen LogP contribution is 2.12. The van der Waals surface area contributed by atoms with E-state index >= 15 is 0 Å². The Morgan fingerprint density at radius 2 is 2.04 bits per heavy atom. The van der Waals surface area contributed by atoms with Crippen molar-refractivity contribution in [2.24, 2.45) is 0 Å². The number of carbonyl (C=O) groups is 1. The van der Waals surface area contributed by atoms with Gasteiger partial charge in [-0.1, -0.05) is 18.2 Å². The van der Waals surface area contributed by atoms with Crippen LogP contribution in [-0.2, 0) is 4.74 Å². The summed E-state index contributed by atoms with van der Waals surface area (Å²) in [5, 5.41) is 3.38. The molecule has 1 heterocycles. The zero-order valence-corrected chi connectivity index (χ0v) is 14.6. The Morgan fingerprint density at radius 3 is 2.75 bits per heavy atom. The maximum absolute atomic E-state index is 12.0. The zero-order valence-electron chi connectivity index (χ0n) is 14.6. The number of aromatic nitrogens is 1. The van der Waals surface area contributed by atoms with Crippen molar-refractivity contribution in [3.8, 4) is 0 Å². The SMILES string of the molecule is Cc1cc(=O)c2cc(C=CCCNC(=O)OC(C)(C)C)ccc2[nH]1. The molecule has 0 fully saturated rings. The molecule has 24 heavy (non-hydrogen) atoms. The molecule has 0 aliphatic carbocycles. The molecule has 0 saturated carbocycles. The van der Waals surface area contributed by atoms with Crippen LogP contribution in [0.15, 0.2) is 35.1 Å². The van der Waals surface area contributed by atoms with E-state index in [-0.39, 0.29) is 5.43 Å². The van der Waals surface area contributed by atoms with Gasteiger partial charge in [-0.05, 0) is 51.8 Å². The van der Waals surface area contributed by atoms with Crippen LogP contribution in [0.2, 0.25) is 0 Å². The second-order valence-electron chi connectivity index (χ2n) is 6.74. The number of rotatable bonds is 4. The first-order valence-corrected chi connectivity index (χ1v) is 8.02. The lowest BCUT2D eigenvalue weighted by molar-refractivity contribution is 0.0529. The molecule has 0 aliphatic rings. The van der Waals surface area contributed by atoms with E-state index in [1.807, 2.05) is 58.0 Å². The largest absolute Gasteiger partial charge is 0.444 e. The molecular weight excluding hydrogens is 304 g/mol. The number of aromatic amines is 1. The molecule has 0 unspecified atom stereocenters. The van der Waals surface area contributed by atoms with E-state index in [4.69, 9.17) is 4.74 Å². The fourth-order valence-electron chi connectivity index (χ4n) is 2.29. The van der Waals surface area contributed by atoms with Gasteiger partial charge in [0.1, 0.15) is 5.60 Å². The average Bonchev–Trinajstić information content (AvgIpc) is 2.45. The van der Waals surface area contributed by atoms with Crippen LogP contribution >= 0.6 is 0 Å². The summed E-state index contributed by atoms with van der Waals surface area (Å²) in [5.41, 5.74) is 2.17. The van der Waals surface area contributed by atoms with Gasteiger partial charge in [0.05, 0.1) is 0 Å². The maximum atomic E-state index is 12.0. The van der Waals surface area contributed by atoms with Crippen LogP contribution in [0, 0.1) is 6.92 Å². The molecule has 0 radical (unpaired) electrons. The highest BCUT2D eigenvalue weighted by atomic mass is 16.6. The number of carbonyl (C=O) groups excluding carboxylic acids is 1. The highest BCUT2D eigenvalue weighted by molar-refractivity contribution is 5.81. The van der Waals surface area contributed by atoms with Crippen LogP contribution in [0.3, 0.4) is 0 Å². The lowest BCUT2D eigenvalue weighted by atomic mass is 10.1. The van der Waals surface area contributed by atoms with Crippen LogP contribution in [0.1, 0.15) is 38.4 Å². The molecule has 5 heteroatoms. The van der Waals surface area contributed by atoms with E-state index in [0.717, 1.165) is 16.8 Å². The first-order valence-electron chi connectivity index (χ1n) is 8.02. The summed E-state index contributed by atoms with van der Waals surface area (Å²) in [6.45, 7) is 7.85. The molecule has 128 valence electrons. The molecule has 1 aromatic carbocycles. The third-order valence-corrected chi connectivity index (χ3v) is 3.28. The minimum atomic E-state index is -0.490. The number of hydrogen-bond donors (Lipinski definition) is 2. The summed E-state index contributed by atoms with van der Waals surface area (Å²) in [6.07, 6.45) is 4.17. The number of alkyl carbamates (subject to hydrolysis) is 1. The van der Waals surface area contributed by atoms with Gasteiger partial charge in [-0.15, -0.1) is 0 Å². The third kappa shape index (κ3) is 5.26. The van der Waals surface area contributed by atoms with Crippen LogP contribution in [0.4, 0.5) is 4.79 Å². The van der Waals surface area contributed by atoms with Crippen molar-refractivity contribution >= 4 is 23.1 Å². The van der Waals surface area contributed by atoms with Gasteiger partial charge in [0.25, 0.3) is 0 Å². The molecule has 2 aromatic rings. The Kier molecular flexibility index (Phi) is 5.44. The van der Waals surface area contributed by atoms with Crippen molar-refractivity contribution in [3.63, 3.8) is 0 Å². The molecule has 0 saturated heterocycles. The second kappa shape index (κ2) is 7.34. The molecule has 0 aliphatic heterocycles. The first-order chi connectivity index (χ1) is 11.2. The smallest absolute Gasteiger partial charge is 0.407 e. The molecule has 0 spiro atoms. The van der Waals surface area contributed by atoms with Crippen LogP contribution in [-0.4, -0.2) is 23.2 Å². The molecule has 2 rings (SSSR count). The molecule has 5 nitrogen and oxygen atoms in total. The Hall–Kier alpha value is -2.56. The van der Waals surface area contributed by atoms with Crippen LogP contribution in [0.25, 0.3) is 17.0 Å². The third-order valence-electron chi connectivity index (χ3n) is 3.28. The maximum Gasteiger partial charge on any atom is 0.407 e. The molecule has 1 aromatic heterocycles. The number of benzene rings is 1. The summed E-state index contributed by atoms with van der Waals surface area (Å²) in [7, 11) is 0. The van der Waals surface area contributed by atoms with E-state index < -0.39 is 11.7 Å². The van der Waals surface area contributed by atoms with Crippen molar-refractivity contribution in [2.45, 2.75) is 39.7 Å². The van der Waals surface area contributed by atoms with Gasteiger partial charge < -0.3 is 15.0 Å². The number of H-pyrrole nitrogens is 1. The van der Waals surface area contributed by atoms with Gasteiger partial charge >= 0.3 is 6.09 Å². The van der Waals surface area contributed by atoms with Gasteiger partial charge in [0.2, 0.25) is 0 Å². The normalized spacial score (nSPS) is 11.8. The number of aryl methyl sites for hydroxylation is 1. The summed E-state index contributed by atoms with van der Waals surface area (Å²) in [5.74, 6) is 0. The number of amides is 1. The predicted molar refractivity (Wildman–Crippen MR) is 97.2 cm³/mol. The standard InChI is InChI=1S/C19H24N2O3/c1-13-11-17(22)15-12-14(8-9-16(15)21-13)7-5-6-10-20-18(23)24-19(2,3)4/h5,7-9,11-12H,6,10H2,1-4H3,(H,20,23)(H,21,22). The van der Waals surface area contributed by atoms with Crippen LogP contribution in [0.5, 0.6) is 0 Å². The summed E-state index contributed by atoms with van der Waals surface area (Å²) < 4.78 is 5.16. The lowest BCUT2D eigenvalue weighted by Gasteiger charge is -2.19. The Bertz CT molecular complexity index is 813. The molecule has 2 N–H and O–H groups in total. The van der Waals surface area contributed by atoms with Crippen molar-refractivity contribution in [3.05, 3.63) is 51.8 Å². The second-order valence-corrected chi connectivity index (χ2v) is 6.74. The van der Waals surface area contributed by atoms with Gasteiger partial charge in [-0.2, -0.15) is 0 Å². The van der Waals surface area contributed by atoms with Gasteiger partial charge in [0, 0.05) is 29.2 Å². The Balaban J connectivity index is 1.92. The number of nitrogens with one attached hydrogen (secondary N) is 2. The van der Waals surface area contributed by atoms with Crippen molar-refractivity contribution in [2.75, 3.05) is 6.54 Å². The quantitative estimate of drug-likeness (QED) is 0.839. The molecular formula is C19H24N2O3. The van der Waals surface area contributed by atoms with E-state index in [1.54, 1.807) is 6.07 Å². The van der Waals surface area contributed by atoms with Gasteiger partial charge in [-0.3, -0.25) is 4.79 Å². The lowest BCUT2D eigenvalue weighted by Crippen LogP contribution is -2.32. The summed E-state index contributed by atoms with van der Waals surface area (Å²) in [6, 6.07) is 7.32. The zero-order chi connectivity index (χ0) is 17.7. The number of hydrogen-bond acceptors (Lipinski definition) is 3. The predicted octanol–water partition coefficient (Wildman–Crippen LogP) is 3.76. The number of fused-ring (bicyclic) bond motifs is 1. The summed E-state index contributed by atoms with van der Waals surface area (Å²) >= 11 is 0.